The molecule has 1 saturated heterocycles. The highest BCUT2D eigenvalue weighted by Gasteiger charge is 2.32. The zero-order valence-corrected chi connectivity index (χ0v) is 19.4. The summed E-state index contributed by atoms with van der Waals surface area (Å²) in [5.41, 5.74) is 2.13. The highest BCUT2D eigenvalue weighted by Crippen LogP contribution is 2.25. The van der Waals surface area contributed by atoms with E-state index in [0.717, 1.165) is 31.4 Å². The summed E-state index contributed by atoms with van der Waals surface area (Å²) in [6.07, 6.45) is 2.33. The van der Waals surface area contributed by atoms with Crippen molar-refractivity contribution in [3.8, 4) is 0 Å². The Hall–Kier alpha value is -2.80. The Kier molecular flexibility index (Phi) is 7.08. The van der Waals surface area contributed by atoms with Crippen LogP contribution in [0.1, 0.15) is 37.8 Å². The minimum atomic E-state index is -0.498. The van der Waals surface area contributed by atoms with Gasteiger partial charge in [-0.1, -0.05) is 54.6 Å². The van der Waals surface area contributed by atoms with Crippen molar-refractivity contribution in [1.29, 1.82) is 0 Å². The molecule has 2 atom stereocenters. The number of nitrogens with zero attached hydrogens (tertiary/aromatic N) is 2. The van der Waals surface area contributed by atoms with E-state index in [2.05, 4.69) is 66.5 Å². The Labute approximate surface area is 195 Å². The van der Waals surface area contributed by atoms with Crippen LogP contribution in [0.2, 0.25) is 0 Å². The molecule has 0 aromatic heterocycles. The van der Waals surface area contributed by atoms with Crippen LogP contribution < -0.4 is 5.32 Å². The lowest BCUT2D eigenvalue weighted by molar-refractivity contribution is -0.384. The van der Waals surface area contributed by atoms with Crippen LogP contribution in [0.5, 0.6) is 0 Å². The fourth-order valence-electron chi connectivity index (χ4n) is 4.93. The van der Waals surface area contributed by atoms with Crippen LogP contribution >= 0.6 is 0 Å². The molecule has 1 heterocycles. The number of aliphatic hydroxyl groups excluding tert-OH is 1. The second kappa shape index (κ2) is 10.00. The summed E-state index contributed by atoms with van der Waals surface area (Å²) in [7, 11) is 0. The number of aliphatic hydroxyl groups is 1. The van der Waals surface area contributed by atoms with E-state index in [0.29, 0.717) is 13.1 Å². The molecule has 0 bridgehead atoms. The summed E-state index contributed by atoms with van der Waals surface area (Å²) in [6, 6.07) is 21.8. The Balaban J connectivity index is 1.34. The zero-order chi connectivity index (χ0) is 23.4. The summed E-state index contributed by atoms with van der Waals surface area (Å²) in [4.78, 5) is 13.0. The Morgan fingerprint density at radius 3 is 2.67 bits per heavy atom. The molecule has 4 rings (SSSR count). The third kappa shape index (κ3) is 5.96. The molecule has 0 saturated carbocycles. The molecule has 174 valence electrons. The number of likely N-dealkylation sites (tertiary alicyclic amines) is 1. The molecule has 0 spiro atoms. The monoisotopic (exact) mass is 447 g/mol. The molecule has 6 heteroatoms. The van der Waals surface area contributed by atoms with Gasteiger partial charge >= 0.3 is 0 Å². The summed E-state index contributed by atoms with van der Waals surface area (Å²) < 4.78 is 0. The molecule has 0 amide bonds. The molecule has 3 aromatic carbocycles. The van der Waals surface area contributed by atoms with Crippen molar-refractivity contribution in [1.82, 2.24) is 10.2 Å². The number of rotatable bonds is 9. The molecule has 2 N–H and O–H groups in total. The third-order valence-corrected chi connectivity index (χ3v) is 6.62. The van der Waals surface area contributed by atoms with E-state index in [4.69, 9.17) is 0 Å². The predicted molar refractivity (Wildman–Crippen MR) is 132 cm³/mol. The van der Waals surface area contributed by atoms with E-state index in [1.54, 1.807) is 12.1 Å². The van der Waals surface area contributed by atoms with Gasteiger partial charge in [-0.25, -0.2) is 0 Å². The SMILES string of the molecule is CC(C)(Cc1ccc2ccccc2c1)NC[C@@H](O)[C@H]1CCCN1Cc1cccc([N+](=O)[O-])c1. The maximum atomic E-state index is 11.1. The molecule has 1 fully saturated rings. The van der Waals surface area contributed by atoms with Crippen LogP contribution in [-0.4, -0.2) is 45.7 Å². The molecule has 33 heavy (non-hydrogen) atoms. The van der Waals surface area contributed by atoms with Crippen LogP contribution in [0, 0.1) is 10.1 Å². The van der Waals surface area contributed by atoms with E-state index in [1.807, 2.05) is 6.07 Å². The molecule has 1 aliphatic heterocycles. The molecule has 0 aliphatic carbocycles. The highest BCUT2D eigenvalue weighted by atomic mass is 16.6. The number of nitro groups is 1. The van der Waals surface area contributed by atoms with Gasteiger partial charge in [-0.05, 0) is 61.6 Å². The van der Waals surface area contributed by atoms with Crippen LogP contribution in [0.25, 0.3) is 10.8 Å². The van der Waals surface area contributed by atoms with Gasteiger partial charge in [0.2, 0.25) is 0 Å². The molecule has 1 aliphatic rings. The van der Waals surface area contributed by atoms with Gasteiger partial charge in [-0.2, -0.15) is 0 Å². The minimum absolute atomic E-state index is 0.0493. The van der Waals surface area contributed by atoms with Gasteiger partial charge in [-0.3, -0.25) is 15.0 Å². The topological polar surface area (TPSA) is 78.6 Å². The number of β-amino-alcohol motifs (C(OH)–C–C–N with tert-alkyl or cyclic N) is 1. The predicted octanol–water partition coefficient (Wildman–Crippen LogP) is 4.68. The standard InChI is InChI=1S/C27H33N3O3/c1-27(2,17-20-12-13-22-8-3-4-9-23(22)15-20)28-18-26(31)25-11-6-14-29(25)19-21-7-5-10-24(16-21)30(32)33/h3-5,7-10,12-13,15-16,25-26,28,31H,6,11,14,17-19H2,1-2H3/t25-,26-/m1/s1. The van der Waals surface area contributed by atoms with Gasteiger partial charge in [0.05, 0.1) is 11.0 Å². The van der Waals surface area contributed by atoms with Crippen molar-refractivity contribution >= 4 is 16.5 Å². The molecule has 3 aromatic rings. The van der Waals surface area contributed by atoms with E-state index in [-0.39, 0.29) is 22.2 Å². The quantitative estimate of drug-likeness (QED) is 0.368. The second-order valence-electron chi connectivity index (χ2n) is 9.80. The molecular formula is C27H33N3O3. The Bertz CT molecular complexity index is 1110. The fourth-order valence-corrected chi connectivity index (χ4v) is 4.93. The van der Waals surface area contributed by atoms with Gasteiger partial charge in [0.15, 0.2) is 0 Å². The van der Waals surface area contributed by atoms with Crippen molar-refractivity contribution < 1.29 is 10.0 Å². The van der Waals surface area contributed by atoms with E-state index < -0.39 is 6.10 Å². The van der Waals surface area contributed by atoms with Crippen molar-refractivity contribution in [2.24, 2.45) is 0 Å². The summed E-state index contributed by atoms with van der Waals surface area (Å²) in [5, 5.41) is 28.1. The molecular weight excluding hydrogens is 414 g/mol. The minimum Gasteiger partial charge on any atom is -0.390 e. The number of fused-ring (bicyclic) bond motifs is 1. The fraction of sp³-hybridized carbons (Fsp3) is 0.407. The van der Waals surface area contributed by atoms with Crippen LogP contribution in [0.15, 0.2) is 66.7 Å². The number of hydrogen-bond donors (Lipinski definition) is 2. The molecule has 0 unspecified atom stereocenters. The van der Waals surface area contributed by atoms with Gasteiger partial charge in [0.1, 0.15) is 0 Å². The summed E-state index contributed by atoms with van der Waals surface area (Å²) >= 11 is 0. The van der Waals surface area contributed by atoms with Gasteiger partial charge in [0.25, 0.3) is 5.69 Å². The number of benzene rings is 3. The first kappa shape index (κ1) is 23.4. The normalized spacial score (nSPS) is 18.0. The van der Waals surface area contributed by atoms with Crippen molar-refractivity contribution in [3.63, 3.8) is 0 Å². The average molecular weight is 448 g/mol. The van der Waals surface area contributed by atoms with Gasteiger partial charge in [0, 0.05) is 36.8 Å². The average Bonchev–Trinajstić information content (AvgIpc) is 3.25. The van der Waals surface area contributed by atoms with Crippen LogP contribution in [0.4, 0.5) is 5.69 Å². The lowest BCUT2D eigenvalue weighted by Gasteiger charge is -2.33. The van der Waals surface area contributed by atoms with E-state index in [1.165, 1.54) is 22.4 Å². The van der Waals surface area contributed by atoms with E-state index >= 15 is 0 Å². The molecule has 0 radical (unpaired) electrons. The van der Waals surface area contributed by atoms with Gasteiger partial charge < -0.3 is 10.4 Å². The number of nitrogens with one attached hydrogen (secondary N) is 1. The first-order chi connectivity index (χ1) is 15.8. The smallest absolute Gasteiger partial charge is 0.269 e. The lowest BCUT2D eigenvalue weighted by Crippen LogP contribution is -2.50. The maximum absolute atomic E-state index is 11.1. The van der Waals surface area contributed by atoms with Crippen molar-refractivity contribution in [3.05, 3.63) is 88.0 Å². The Morgan fingerprint density at radius 2 is 1.88 bits per heavy atom. The second-order valence-corrected chi connectivity index (χ2v) is 9.80. The Morgan fingerprint density at radius 1 is 1.09 bits per heavy atom. The summed E-state index contributed by atoms with van der Waals surface area (Å²) in [6.45, 7) is 6.36. The van der Waals surface area contributed by atoms with E-state index in [9.17, 15) is 15.2 Å². The zero-order valence-electron chi connectivity index (χ0n) is 19.4. The number of hydrogen-bond acceptors (Lipinski definition) is 5. The third-order valence-electron chi connectivity index (χ3n) is 6.62. The maximum Gasteiger partial charge on any atom is 0.269 e. The molecule has 6 nitrogen and oxygen atoms in total. The first-order valence-corrected chi connectivity index (χ1v) is 11.7. The lowest BCUT2D eigenvalue weighted by atomic mass is 9.93. The highest BCUT2D eigenvalue weighted by molar-refractivity contribution is 5.83. The van der Waals surface area contributed by atoms with Crippen molar-refractivity contribution in [2.45, 2.75) is 57.3 Å². The summed E-state index contributed by atoms with van der Waals surface area (Å²) in [5.74, 6) is 0. The largest absolute Gasteiger partial charge is 0.390 e. The first-order valence-electron chi connectivity index (χ1n) is 11.7. The number of non-ortho nitro benzene ring substituents is 1. The van der Waals surface area contributed by atoms with Crippen molar-refractivity contribution in [2.75, 3.05) is 13.1 Å². The van der Waals surface area contributed by atoms with Crippen LogP contribution in [-0.2, 0) is 13.0 Å². The number of nitro benzene ring substituents is 1. The van der Waals surface area contributed by atoms with Gasteiger partial charge in [-0.15, -0.1) is 0 Å². The van der Waals surface area contributed by atoms with Crippen LogP contribution in [0.3, 0.4) is 0 Å².